The van der Waals surface area contributed by atoms with Crippen LogP contribution in [0.3, 0.4) is 0 Å². The predicted molar refractivity (Wildman–Crippen MR) is 32.6 cm³/mol. The lowest BCUT2D eigenvalue weighted by Crippen LogP contribution is -2.21. The maximum Gasteiger partial charge on any atom is 0.332 e. The van der Waals surface area contributed by atoms with Crippen LogP contribution >= 0.6 is 0 Å². The Hall–Kier alpha value is -0.610. The Morgan fingerprint density at radius 2 is 2.30 bits per heavy atom. The SMILES string of the molecule is O=C(O)C1CC[C@@H](CO)O1. The summed E-state index contributed by atoms with van der Waals surface area (Å²) in [4.78, 5) is 10.3. The van der Waals surface area contributed by atoms with Gasteiger partial charge in [-0.2, -0.15) is 0 Å². The quantitative estimate of drug-likeness (QED) is 0.556. The van der Waals surface area contributed by atoms with Gasteiger partial charge in [-0.1, -0.05) is 0 Å². The number of ether oxygens (including phenoxy) is 1. The van der Waals surface area contributed by atoms with Gasteiger partial charge in [0, 0.05) is 0 Å². The number of hydrogen-bond acceptors (Lipinski definition) is 3. The number of carboxylic acids is 1. The molecule has 1 rings (SSSR count). The molecule has 0 amide bonds. The van der Waals surface area contributed by atoms with E-state index in [0.717, 1.165) is 0 Å². The van der Waals surface area contributed by atoms with Gasteiger partial charge in [-0.3, -0.25) is 0 Å². The average Bonchev–Trinajstić information content (AvgIpc) is 2.34. The molecule has 0 spiro atoms. The summed E-state index contributed by atoms with van der Waals surface area (Å²) in [5.74, 6) is -0.934. The maximum atomic E-state index is 10.3. The number of hydrogen-bond donors (Lipinski definition) is 2. The highest BCUT2D eigenvalue weighted by atomic mass is 16.5. The van der Waals surface area contributed by atoms with E-state index < -0.39 is 12.1 Å². The number of aliphatic carboxylic acids is 1. The summed E-state index contributed by atoms with van der Waals surface area (Å²) in [6.45, 7) is -0.0796. The molecule has 1 saturated heterocycles. The first kappa shape index (κ1) is 7.50. The number of carboxylic acid groups (broad SMARTS) is 1. The molecule has 1 unspecified atom stereocenters. The Kier molecular flexibility index (Phi) is 2.24. The molecule has 1 aliphatic heterocycles. The topological polar surface area (TPSA) is 66.8 Å². The lowest BCUT2D eigenvalue weighted by atomic mass is 10.2. The fraction of sp³-hybridized carbons (Fsp3) is 0.833. The van der Waals surface area contributed by atoms with Crippen LogP contribution in [0, 0.1) is 0 Å². The molecule has 10 heavy (non-hydrogen) atoms. The number of carbonyl (C=O) groups is 1. The number of rotatable bonds is 2. The largest absolute Gasteiger partial charge is 0.479 e. The van der Waals surface area contributed by atoms with Crippen molar-refractivity contribution in [3.63, 3.8) is 0 Å². The average molecular weight is 146 g/mol. The summed E-state index contributed by atoms with van der Waals surface area (Å²) in [6, 6.07) is 0. The highest BCUT2D eigenvalue weighted by Gasteiger charge is 2.29. The van der Waals surface area contributed by atoms with Gasteiger partial charge in [-0.15, -0.1) is 0 Å². The van der Waals surface area contributed by atoms with Crippen molar-refractivity contribution < 1.29 is 19.7 Å². The van der Waals surface area contributed by atoms with E-state index in [4.69, 9.17) is 14.9 Å². The molecule has 2 atom stereocenters. The Labute approximate surface area is 58.4 Å². The van der Waals surface area contributed by atoms with Crippen LogP contribution < -0.4 is 0 Å². The van der Waals surface area contributed by atoms with Gasteiger partial charge in [0.05, 0.1) is 12.7 Å². The molecule has 0 aromatic heterocycles. The Morgan fingerprint density at radius 3 is 2.60 bits per heavy atom. The molecule has 0 bridgehead atoms. The van der Waals surface area contributed by atoms with Crippen LogP contribution in [-0.4, -0.2) is 35.0 Å². The summed E-state index contributed by atoms with van der Waals surface area (Å²) in [7, 11) is 0. The van der Waals surface area contributed by atoms with Crippen LogP contribution in [0.4, 0.5) is 0 Å². The van der Waals surface area contributed by atoms with Crippen LogP contribution in [0.15, 0.2) is 0 Å². The van der Waals surface area contributed by atoms with E-state index in [-0.39, 0.29) is 12.7 Å². The lowest BCUT2D eigenvalue weighted by molar-refractivity contribution is -0.150. The van der Waals surface area contributed by atoms with Crippen molar-refractivity contribution in [2.75, 3.05) is 6.61 Å². The van der Waals surface area contributed by atoms with Crippen LogP contribution in [-0.2, 0) is 9.53 Å². The third kappa shape index (κ3) is 1.46. The summed E-state index contributed by atoms with van der Waals surface area (Å²) in [5, 5.41) is 17.0. The lowest BCUT2D eigenvalue weighted by Gasteiger charge is -2.06. The molecular formula is C6H10O4. The Bertz CT molecular complexity index is 134. The summed E-state index contributed by atoms with van der Waals surface area (Å²) in [5.41, 5.74) is 0. The standard InChI is InChI=1S/C6H10O4/c7-3-4-1-2-5(10-4)6(8)9/h4-5,7H,1-3H2,(H,8,9)/t4-,5?/m0/s1. The summed E-state index contributed by atoms with van der Waals surface area (Å²) in [6.07, 6.45) is 0.201. The zero-order valence-electron chi connectivity index (χ0n) is 5.49. The Balaban J connectivity index is 2.35. The summed E-state index contributed by atoms with van der Waals surface area (Å²) < 4.78 is 4.92. The van der Waals surface area contributed by atoms with Crippen molar-refractivity contribution in [2.45, 2.75) is 25.0 Å². The molecule has 0 saturated carbocycles. The maximum absolute atomic E-state index is 10.3. The third-order valence-electron chi connectivity index (χ3n) is 1.59. The second-order valence-corrected chi connectivity index (χ2v) is 2.34. The number of aliphatic hydroxyl groups excluding tert-OH is 1. The van der Waals surface area contributed by atoms with E-state index in [2.05, 4.69) is 0 Å². The van der Waals surface area contributed by atoms with Gasteiger partial charge in [-0.05, 0) is 12.8 Å². The van der Waals surface area contributed by atoms with Crippen LogP contribution in [0.2, 0.25) is 0 Å². The van der Waals surface area contributed by atoms with Crippen molar-refractivity contribution in [1.29, 1.82) is 0 Å². The van der Waals surface area contributed by atoms with Gasteiger partial charge in [0.15, 0.2) is 6.10 Å². The zero-order valence-corrected chi connectivity index (χ0v) is 5.49. The molecule has 2 N–H and O–H groups in total. The highest BCUT2D eigenvalue weighted by molar-refractivity contribution is 5.72. The molecule has 0 radical (unpaired) electrons. The van der Waals surface area contributed by atoms with Gasteiger partial charge in [-0.25, -0.2) is 4.79 Å². The number of aliphatic hydroxyl groups is 1. The molecular weight excluding hydrogens is 136 g/mol. The van der Waals surface area contributed by atoms with E-state index in [0.29, 0.717) is 12.8 Å². The van der Waals surface area contributed by atoms with Gasteiger partial charge in [0.1, 0.15) is 0 Å². The molecule has 1 heterocycles. The monoisotopic (exact) mass is 146 g/mol. The molecule has 1 aliphatic rings. The normalized spacial score (nSPS) is 32.5. The zero-order chi connectivity index (χ0) is 7.56. The Morgan fingerprint density at radius 1 is 1.60 bits per heavy atom. The van der Waals surface area contributed by atoms with Gasteiger partial charge in [0.25, 0.3) is 0 Å². The molecule has 58 valence electrons. The summed E-state index contributed by atoms with van der Waals surface area (Å²) >= 11 is 0. The van der Waals surface area contributed by atoms with Gasteiger partial charge < -0.3 is 14.9 Å². The van der Waals surface area contributed by atoms with Crippen molar-refractivity contribution in [3.05, 3.63) is 0 Å². The van der Waals surface area contributed by atoms with Crippen molar-refractivity contribution in [1.82, 2.24) is 0 Å². The predicted octanol–water partition coefficient (Wildman–Crippen LogP) is -0.389. The van der Waals surface area contributed by atoms with E-state index in [1.165, 1.54) is 0 Å². The minimum absolute atomic E-state index is 0.0796. The smallest absolute Gasteiger partial charge is 0.332 e. The molecule has 0 aliphatic carbocycles. The van der Waals surface area contributed by atoms with Crippen molar-refractivity contribution in [2.24, 2.45) is 0 Å². The van der Waals surface area contributed by atoms with E-state index in [9.17, 15) is 4.79 Å². The molecule has 0 aromatic rings. The van der Waals surface area contributed by atoms with Crippen molar-refractivity contribution in [3.8, 4) is 0 Å². The fourth-order valence-corrected chi connectivity index (χ4v) is 1.02. The van der Waals surface area contributed by atoms with E-state index in [1.807, 2.05) is 0 Å². The molecule has 4 heteroatoms. The third-order valence-corrected chi connectivity index (χ3v) is 1.59. The molecule has 4 nitrogen and oxygen atoms in total. The fourth-order valence-electron chi connectivity index (χ4n) is 1.02. The van der Waals surface area contributed by atoms with Crippen LogP contribution in [0.5, 0.6) is 0 Å². The van der Waals surface area contributed by atoms with Crippen molar-refractivity contribution >= 4 is 5.97 Å². The molecule has 1 fully saturated rings. The first-order valence-corrected chi connectivity index (χ1v) is 3.23. The first-order valence-electron chi connectivity index (χ1n) is 3.23. The van der Waals surface area contributed by atoms with Crippen LogP contribution in [0.25, 0.3) is 0 Å². The van der Waals surface area contributed by atoms with Crippen LogP contribution in [0.1, 0.15) is 12.8 Å². The van der Waals surface area contributed by atoms with Gasteiger partial charge in [0.2, 0.25) is 0 Å². The van der Waals surface area contributed by atoms with Gasteiger partial charge >= 0.3 is 5.97 Å². The second-order valence-electron chi connectivity index (χ2n) is 2.34. The second kappa shape index (κ2) is 2.98. The minimum Gasteiger partial charge on any atom is -0.479 e. The highest BCUT2D eigenvalue weighted by Crippen LogP contribution is 2.18. The first-order chi connectivity index (χ1) is 4.74. The van der Waals surface area contributed by atoms with E-state index in [1.54, 1.807) is 0 Å². The molecule has 0 aromatic carbocycles. The minimum atomic E-state index is -0.934. The van der Waals surface area contributed by atoms with E-state index >= 15 is 0 Å².